The molecule has 0 N–H and O–H groups in total. The van der Waals surface area contributed by atoms with Gasteiger partial charge in [0.1, 0.15) is 12.4 Å². The molecular formula is C27H32N2O4. The van der Waals surface area contributed by atoms with E-state index in [4.69, 9.17) is 14.0 Å². The number of amides is 1. The molecule has 1 amide bonds. The summed E-state index contributed by atoms with van der Waals surface area (Å²) in [5, 5.41) is 3.96. The number of carbonyl (C=O) groups is 1. The molecule has 0 radical (unpaired) electrons. The topological polar surface area (TPSA) is 64.8 Å². The van der Waals surface area contributed by atoms with E-state index in [1.165, 1.54) is 5.56 Å². The van der Waals surface area contributed by atoms with E-state index < -0.39 is 0 Å². The first kappa shape index (κ1) is 22.9. The van der Waals surface area contributed by atoms with Crippen LogP contribution in [-0.2, 0) is 13.2 Å². The zero-order valence-corrected chi connectivity index (χ0v) is 20.1. The summed E-state index contributed by atoms with van der Waals surface area (Å²) in [7, 11) is 1.58. The summed E-state index contributed by atoms with van der Waals surface area (Å²) in [5.41, 5.74) is 4.77. The molecule has 0 saturated heterocycles. The Morgan fingerprint density at radius 2 is 1.85 bits per heavy atom. The molecule has 1 aliphatic rings. The number of ether oxygens (including phenoxy) is 2. The Morgan fingerprint density at radius 3 is 2.42 bits per heavy atom. The summed E-state index contributed by atoms with van der Waals surface area (Å²) in [5.74, 6) is 2.35. The molecule has 0 spiro atoms. The maximum atomic E-state index is 13.4. The lowest BCUT2D eigenvalue weighted by Gasteiger charge is -2.23. The first-order chi connectivity index (χ1) is 15.9. The fraction of sp³-hybridized carbons (Fsp3) is 0.407. The Kier molecular flexibility index (Phi) is 6.72. The molecule has 0 atom stereocenters. The van der Waals surface area contributed by atoms with Gasteiger partial charge in [0.2, 0.25) is 0 Å². The number of rotatable bonds is 9. The maximum Gasteiger partial charge on any atom is 0.254 e. The normalized spacial score (nSPS) is 13.3. The lowest BCUT2D eigenvalue weighted by Crippen LogP contribution is -2.32. The summed E-state index contributed by atoms with van der Waals surface area (Å²) in [4.78, 5) is 15.4. The van der Waals surface area contributed by atoms with Crippen molar-refractivity contribution < 1.29 is 18.8 Å². The van der Waals surface area contributed by atoms with Crippen molar-refractivity contribution in [2.75, 3.05) is 7.11 Å². The number of carbonyl (C=O) groups excluding carboxylic acids is 1. The van der Waals surface area contributed by atoms with Crippen molar-refractivity contribution in [2.24, 2.45) is 0 Å². The first-order valence-corrected chi connectivity index (χ1v) is 11.5. The van der Waals surface area contributed by atoms with Crippen LogP contribution in [0.4, 0.5) is 0 Å². The van der Waals surface area contributed by atoms with Gasteiger partial charge in [0.05, 0.1) is 18.4 Å². The summed E-state index contributed by atoms with van der Waals surface area (Å²) in [6.07, 6.45) is 2.09. The zero-order valence-electron chi connectivity index (χ0n) is 20.1. The highest BCUT2D eigenvalue weighted by Gasteiger charge is 2.33. The third kappa shape index (κ3) is 5.21. The van der Waals surface area contributed by atoms with Crippen LogP contribution in [-0.4, -0.2) is 29.1 Å². The van der Waals surface area contributed by atoms with Gasteiger partial charge in [-0.15, -0.1) is 0 Å². The summed E-state index contributed by atoms with van der Waals surface area (Å²) >= 11 is 0. The fourth-order valence-electron chi connectivity index (χ4n) is 3.90. The SMILES string of the molecule is COc1cc(C(=O)N(Cc2ccc(C(C)C)cc2)C2CC2)ccc1OCc1c(C)noc1C. The second-order valence-corrected chi connectivity index (χ2v) is 9.02. The Hall–Kier alpha value is -3.28. The molecule has 0 unspecified atom stereocenters. The van der Waals surface area contributed by atoms with Crippen LogP contribution in [0.25, 0.3) is 0 Å². The lowest BCUT2D eigenvalue weighted by molar-refractivity contribution is 0.0729. The van der Waals surface area contributed by atoms with E-state index in [2.05, 4.69) is 43.3 Å². The van der Waals surface area contributed by atoms with Crippen molar-refractivity contribution in [3.05, 3.63) is 76.2 Å². The Labute approximate surface area is 195 Å². The fourth-order valence-corrected chi connectivity index (χ4v) is 3.90. The number of benzene rings is 2. The Balaban J connectivity index is 1.49. The molecule has 3 aromatic rings. The predicted molar refractivity (Wildman–Crippen MR) is 127 cm³/mol. The number of aromatic nitrogens is 1. The van der Waals surface area contributed by atoms with Gasteiger partial charge in [-0.3, -0.25) is 4.79 Å². The number of hydrogen-bond donors (Lipinski definition) is 0. The van der Waals surface area contributed by atoms with E-state index >= 15 is 0 Å². The molecule has 4 rings (SSSR count). The van der Waals surface area contributed by atoms with Crippen LogP contribution in [0.5, 0.6) is 11.5 Å². The highest BCUT2D eigenvalue weighted by molar-refractivity contribution is 5.95. The van der Waals surface area contributed by atoms with Crippen LogP contribution in [0.2, 0.25) is 0 Å². The zero-order chi connectivity index (χ0) is 23.5. The maximum absolute atomic E-state index is 13.4. The second-order valence-electron chi connectivity index (χ2n) is 9.02. The van der Waals surface area contributed by atoms with E-state index in [1.807, 2.05) is 24.8 Å². The second kappa shape index (κ2) is 9.69. The van der Waals surface area contributed by atoms with Crippen LogP contribution in [0, 0.1) is 13.8 Å². The van der Waals surface area contributed by atoms with E-state index in [0.29, 0.717) is 42.2 Å². The van der Waals surface area contributed by atoms with Crippen LogP contribution < -0.4 is 9.47 Å². The van der Waals surface area contributed by atoms with Gasteiger partial charge in [-0.05, 0) is 61.9 Å². The smallest absolute Gasteiger partial charge is 0.254 e. The molecule has 0 bridgehead atoms. The van der Waals surface area contributed by atoms with Crippen LogP contribution in [0.1, 0.15) is 71.1 Å². The van der Waals surface area contributed by atoms with Gasteiger partial charge in [-0.1, -0.05) is 43.3 Å². The van der Waals surface area contributed by atoms with Gasteiger partial charge in [0, 0.05) is 18.2 Å². The molecule has 6 heteroatoms. The molecule has 1 aliphatic carbocycles. The molecule has 1 aromatic heterocycles. The van der Waals surface area contributed by atoms with Crippen LogP contribution in [0.15, 0.2) is 47.0 Å². The molecular weight excluding hydrogens is 416 g/mol. The van der Waals surface area contributed by atoms with E-state index in [0.717, 1.165) is 35.4 Å². The standard InChI is InChI=1S/C27H32N2O4/c1-17(2)21-8-6-20(7-9-21)15-29(23-11-12-23)27(30)22-10-13-25(26(14-22)31-5)32-16-24-18(3)28-33-19(24)4/h6-10,13-14,17,23H,11-12,15-16H2,1-5H3. The number of hydrogen-bond acceptors (Lipinski definition) is 5. The summed E-state index contributed by atoms with van der Waals surface area (Å²) in [6.45, 7) is 9.05. The predicted octanol–water partition coefficient (Wildman–Crippen LogP) is 5.81. The van der Waals surface area contributed by atoms with Crippen molar-refractivity contribution in [1.82, 2.24) is 10.1 Å². The largest absolute Gasteiger partial charge is 0.493 e. The average Bonchev–Trinajstić information content (AvgIpc) is 3.61. The van der Waals surface area contributed by atoms with Gasteiger partial charge in [-0.25, -0.2) is 0 Å². The third-order valence-corrected chi connectivity index (χ3v) is 6.21. The highest BCUT2D eigenvalue weighted by Crippen LogP contribution is 2.33. The van der Waals surface area contributed by atoms with Crippen molar-refractivity contribution in [1.29, 1.82) is 0 Å². The lowest BCUT2D eigenvalue weighted by atomic mass is 10.0. The van der Waals surface area contributed by atoms with Gasteiger partial charge in [0.15, 0.2) is 11.5 Å². The van der Waals surface area contributed by atoms with Crippen molar-refractivity contribution >= 4 is 5.91 Å². The van der Waals surface area contributed by atoms with Crippen molar-refractivity contribution in [3.8, 4) is 11.5 Å². The molecule has 2 aromatic carbocycles. The van der Waals surface area contributed by atoms with Crippen LogP contribution >= 0.6 is 0 Å². The monoisotopic (exact) mass is 448 g/mol. The Morgan fingerprint density at radius 1 is 1.12 bits per heavy atom. The van der Waals surface area contributed by atoms with Crippen molar-refractivity contribution in [3.63, 3.8) is 0 Å². The number of nitrogens with zero attached hydrogens (tertiary/aromatic N) is 2. The average molecular weight is 449 g/mol. The third-order valence-electron chi connectivity index (χ3n) is 6.21. The summed E-state index contributed by atoms with van der Waals surface area (Å²) in [6, 6.07) is 14.2. The van der Waals surface area contributed by atoms with E-state index in [-0.39, 0.29) is 5.91 Å². The van der Waals surface area contributed by atoms with Gasteiger partial charge >= 0.3 is 0 Å². The Bertz CT molecular complexity index is 1090. The highest BCUT2D eigenvalue weighted by atomic mass is 16.5. The quantitative estimate of drug-likeness (QED) is 0.413. The van der Waals surface area contributed by atoms with Gasteiger partial charge < -0.3 is 18.9 Å². The minimum Gasteiger partial charge on any atom is -0.493 e. The van der Waals surface area contributed by atoms with E-state index in [9.17, 15) is 4.79 Å². The van der Waals surface area contributed by atoms with E-state index in [1.54, 1.807) is 19.2 Å². The molecule has 1 fully saturated rings. The number of aryl methyl sites for hydroxylation is 2. The molecule has 1 saturated carbocycles. The van der Waals surface area contributed by atoms with Crippen molar-refractivity contribution in [2.45, 2.75) is 65.6 Å². The minimum atomic E-state index is 0.0148. The molecule has 1 heterocycles. The van der Waals surface area contributed by atoms with Crippen LogP contribution in [0.3, 0.4) is 0 Å². The minimum absolute atomic E-state index is 0.0148. The number of methoxy groups -OCH3 is 1. The molecule has 0 aliphatic heterocycles. The molecule has 6 nitrogen and oxygen atoms in total. The van der Waals surface area contributed by atoms with Gasteiger partial charge in [0.25, 0.3) is 5.91 Å². The molecule has 33 heavy (non-hydrogen) atoms. The van der Waals surface area contributed by atoms with Gasteiger partial charge in [-0.2, -0.15) is 0 Å². The molecule has 174 valence electrons. The first-order valence-electron chi connectivity index (χ1n) is 11.5. The summed E-state index contributed by atoms with van der Waals surface area (Å²) < 4.78 is 16.7.